The number of halogens is 1. The standard InChI is InChI=1S/C9H18FN/c1-3-5-11-6-4-8(2)9(10)7-11/h8-9H,3-7H2,1-2H3. The van der Waals surface area contributed by atoms with Crippen molar-refractivity contribution in [1.82, 2.24) is 4.90 Å². The molecule has 11 heavy (non-hydrogen) atoms. The number of hydrogen-bond acceptors (Lipinski definition) is 1. The molecule has 2 unspecified atom stereocenters. The molecule has 0 aliphatic carbocycles. The van der Waals surface area contributed by atoms with Gasteiger partial charge in [-0.3, -0.25) is 0 Å². The van der Waals surface area contributed by atoms with E-state index in [1.54, 1.807) is 0 Å². The van der Waals surface area contributed by atoms with Crippen LogP contribution in [-0.2, 0) is 0 Å². The van der Waals surface area contributed by atoms with Crippen molar-refractivity contribution < 1.29 is 4.39 Å². The first-order valence-corrected chi connectivity index (χ1v) is 4.60. The molecule has 0 radical (unpaired) electrons. The Morgan fingerprint density at radius 3 is 2.82 bits per heavy atom. The molecule has 0 bridgehead atoms. The molecule has 1 rings (SSSR count). The summed E-state index contributed by atoms with van der Waals surface area (Å²) in [5.74, 6) is 0.281. The number of nitrogens with zero attached hydrogens (tertiary/aromatic N) is 1. The van der Waals surface area contributed by atoms with Crippen LogP contribution in [0.15, 0.2) is 0 Å². The van der Waals surface area contributed by atoms with Crippen molar-refractivity contribution >= 4 is 0 Å². The third kappa shape index (κ3) is 2.44. The smallest absolute Gasteiger partial charge is 0.115 e. The molecule has 0 saturated carbocycles. The van der Waals surface area contributed by atoms with Crippen molar-refractivity contribution in [2.45, 2.75) is 32.9 Å². The van der Waals surface area contributed by atoms with Crippen LogP contribution in [0.1, 0.15) is 26.7 Å². The highest BCUT2D eigenvalue weighted by Crippen LogP contribution is 2.19. The van der Waals surface area contributed by atoms with Crippen LogP contribution in [0.3, 0.4) is 0 Å². The maximum atomic E-state index is 13.1. The van der Waals surface area contributed by atoms with Gasteiger partial charge in [0.05, 0.1) is 0 Å². The Labute approximate surface area is 68.6 Å². The van der Waals surface area contributed by atoms with Crippen LogP contribution >= 0.6 is 0 Å². The Kier molecular flexibility index (Phi) is 3.31. The zero-order chi connectivity index (χ0) is 8.27. The molecule has 2 heteroatoms. The number of rotatable bonds is 2. The number of likely N-dealkylation sites (tertiary alicyclic amines) is 1. The first kappa shape index (κ1) is 8.98. The molecule has 0 N–H and O–H groups in total. The lowest BCUT2D eigenvalue weighted by molar-refractivity contribution is 0.0936. The SMILES string of the molecule is CCCN1CCC(C)C(F)C1. The van der Waals surface area contributed by atoms with Crippen molar-refractivity contribution in [2.75, 3.05) is 19.6 Å². The summed E-state index contributed by atoms with van der Waals surface area (Å²) < 4.78 is 13.1. The molecule has 1 aliphatic heterocycles. The fourth-order valence-corrected chi connectivity index (χ4v) is 1.60. The minimum Gasteiger partial charge on any atom is -0.300 e. The minimum atomic E-state index is -0.588. The van der Waals surface area contributed by atoms with Crippen molar-refractivity contribution in [1.29, 1.82) is 0 Å². The van der Waals surface area contributed by atoms with E-state index in [1.165, 1.54) is 0 Å². The Morgan fingerprint density at radius 2 is 2.27 bits per heavy atom. The van der Waals surface area contributed by atoms with Crippen molar-refractivity contribution in [2.24, 2.45) is 5.92 Å². The van der Waals surface area contributed by atoms with Crippen LogP contribution in [-0.4, -0.2) is 30.7 Å². The summed E-state index contributed by atoms with van der Waals surface area (Å²) in [5.41, 5.74) is 0. The highest BCUT2D eigenvalue weighted by Gasteiger charge is 2.24. The lowest BCUT2D eigenvalue weighted by Crippen LogP contribution is -2.41. The van der Waals surface area contributed by atoms with Gasteiger partial charge in [0.1, 0.15) is 6.17 Å². The monoisotopic (exact) mass is 159 g/mol. The Morgan fingerprint density at radius 1 is 1.55 bits per heavy atom. The predicted octanol–water partition coefficient (Wildman–Crippen LogP) is 2.08. The van der Waals surface area contributed by atoms with Crippen LogP contribution in [0.25, 0.3) is 0 Å². The lowest BCUT2D eigenvalue weighted by Gasteiger charge is -2.32. The number of piperidine rings is 1. The molecule has 66 valence electrons. The van der Waals surface area contributed by atoms with Crippen molar-refractivity contribution in [3.05, 3.63) is 0 Å². The first-order chi connectivity index (χ1) is 5.24. The molecule has 0 aromatic rings. The van der Waals surface area contributed by atoms with E-state index < -0.39 is 6.17 Å². The summed E-state index contributed by atoms with van der Waals surface area (Å²) in [6.45, 7) is 6.97. The lowest BCUT2D eigenvalue weighted by atomic mass is 9.97. The summed E-state index contributed by atoms with van der Waals surface area (Å²) in [7, 11) is 0. The van der Waals surface area contributed by atoms with Gasteiger partial charge >= 0.3 is 0 Å². The van der Waals surface area contributed by atoms with E-state index >= 15 is 0 Å². The van der Waals surface area contributed by atoms with Crippen molar-refractivity contribution in [3.63, 3.8) is 0 Å². The second kappa shape index (κ2) is 4.05. The first-order valence-electron chi connectivity index (χ1n) is 4.60. The molecule has 0 aromatic heterocycles. The molecule has 1 nitrogen and oxygen atoms in total. The van der Waals surface area contributed by atoms with Gasteiger partial charge in [-0.05, 0) is 31.8 Å². The molecular formula is C9H18FN. The summed E-state index contributed by atoms with van der Waals surface area (Å²) in [5, 5.41) is 0. The zero-order valence-corrected chi connectivity index (χ0v) is 7.52. The van der Waals surface area contributed by atoms with Gasteiger partial charge in [0.25, 0.3) is 0 Å². The molecule has 2 atom stereocenters. The van der Waals surface area contributed by atoms with E-state index in [0.29, 0.717) is 6.54 Å². The maximum Gasteiger partial charge on any atom is 0.115 e. The molecule has 0 spiro atoms. The Hall–Kier alpha value is -0.110. The van der Waals surface area contributed by atoms with Crippen LogP contribution < -0.4 is 0 Å². The van der Waals surface area contributed by atoms with Gasteiger partial charge in [-0.25, -0.2) is 4.39 Å². The van der Waals surface area contributed by atoms with Gasteiger partial charge in [-0.15, -0.1) is 0 Å². The fraction of sp³-hybridized carbons (Fsp3) is 1.00. The molecule has 0 aromatic carbocycles. The van der Waals surface area contributed by atoms with E-state index in [1.807, 2.05) is 6.92 Å². The van der Waals surface area contributed by atoms with E-state index in [-0.39, 0.29) is 5.92 Å². The van der Waals surface area contributed by atoms with Gasteiger partial charge in [-0.1, -0.05) is 13.8 Å². The highest BCUT2D eigenvalue weighted by molar-refractivity contribution is 4.76. The summed E-state index contributed by atoms with van der Waals surface area (Å²) in [6, 6.07) is 0. The molecule has 1 fully saturated rings. The second-order valence-corrected chi connectivity index (χ2v) is 3.58. The zero-order valence-electron chi connectivity index (χ0n) is 7.52. The van der Waals surface area contributed by atoms with Gasteiger partial charge in [0.2, 0.25) is 0 Å². The largest absolute Gasteiger partial charge is 0.300 e. The van der Waals surface area contributed by atoms with E-state index in [0.717, 1.165) is 25.9 Å². The third-order valence-corrected chi connectivity index (χ3v) is 2.49. The molecule has 0 amide bonds. The Balaban J connectivity index is 2.28. The molecule has 1 heterocycles. The van der Waals surface area contributed by atoms with Crippen LogP contribution in [0.4, 0.5) is 4.39 Å². The van der Waals surface area contributed by atoms with Crippen LogP contribution in [0, 0.1) is 5.92 Å². The average Bonchev–Trinajstić information content (AvgIpc) is 1.98. The number of alkyl halides is 1. The van der Waals surface area contributed by atoms with Gasteiger partial charge in [-0.2, -0.15) is 0 Å². The van der Waals surface area contributed by atoms with Gasteiger partial charge < -0.3 is 4.90 Å². The second-order valence-electron chi connectivity index (χ2n) is 3.58. The molecule has 1 aliphatic rings. The third-order valence-electron chi connectivity index (χ3n) is 2.49. The predicted molar refractivity (Wildman–Crippen MR) is 45.4 cm³/mol. The summed E-state index contributed by atoms with van der Waals surface area (Å²) in [6.07, 6.45) is 1.58. The summed E-state index contributed by atoms with van der Waals surface area (Å²) >= 11 is 0. The number of hydrogen-bond donors (Lipinski definition) is 0. The topological polar surface area (TPSA) is 3.24 Å². The highest BCUT2D eigenvalue weighted by atomic mass is 19.1. The van der Waals surface area contributed by atoms with Gasteiger partial charge in [0.15, 0.2) is 0 Å². The molecule has 1 saturated heterocycles. The quantitative estimate of drug-likeness (QED) is 0.596. The minimum absolute atomic E-state index is 0.281. The van der Waals surface area contributed by atoms with E-state index in [4.69, 9.17) is 0 Å². The normalized spacial score (nSPS) is 34.1. The fourth-order valence-electron chi connectivity index (χ4n) is 1.60. The van der Waals surface area contributed by atoms with Crippen LogP contribution in [0.2, 0.25) is 0 Å². The Bertz CT molecular complexity index is 116. The van der Waals surface area contributed by atoms with Gasteiger partial charge in [0, 0.05) is 6.54 Å². The maximum absolute atomic E-state index is 13.1. The average molecular weight is 159 g/mol. The summed E-state index contributed by atoms with van der Waals surface area (Å²) in [4.78, 5) is 2.23. The van der Waals surface area contributed by atoms with Crippen LogP contribution in [0.5, 0.6) is 0 Å². The van der Waals surface area contributed by atoms with E-state index in [9.17, 15) is 4.39 Å². The van der Waals surface area contributed by atoms with Crippen molar-refractivity contribution in [3.8, 4) is 0 Å². The molecular weight excluding hydrogens is 141 g/mol. The van der Waals surface area contributed by atoms with E-state index in [2.05, 4.69) is 11.8 Å².